The molecule has 2 heterocycles. The molecule has 1 aromatic heterocycles. The average molecular weight is 652 g/mol. The molecule has 0 radical (unpaired) electrons. The van der Waals surface area contributed by atoms with Crippen LogP contribution < -0.4 is 5.32 Å². The lowest BCUT2D eigenvalue weighted by molar-refractivity contribution is -0.193. The van der Waals surface area contributed by atoms with Crippen LogP contribution in [0, 0.1) is 11.3 Å². The Balaban J connectivity index is 0.000000317. The summed E-state index contributed by atoms with van der Waals surface area (Å²) in [5, 5.41) is 28.1. The number of aliphatic carboxylic acids is 2. The van der Waals surface area contributed by atoms with Crippen molar-refractivity contribution in [2.45, 2.75) is 63.6 Å². The summed E-state index contributed by atoms with van der Waals surface area (Å²) in [6.07, 6.45) is -1.36. The molecule has 4 N–H and O–H groups in total. The van der Waals surface area contributed by atoms with E-state index in [0.717, 1.165) is 31.1 Å². The van der Waals surface area contributed by atoms with Crippen LogP contribution in [0.3, 0.4) is 0 Å². The van der Waals surface area contributed by atoms with Crippen molar-refractivity contribution in [3.05, 3.63) is 57.6 Å². The summed E-state index contributed by atoms with van der Waals surface area (Å²) in [5.74, 6) is -5.69. The normalized spacial score (nSPS) is 21.1. The fraction of sp³-hybridized carbons (Fsp3) is 0.500. The van der Waals surface area contributed by atoms with Gasteiger partial charge in [-0.3, -0.25) is 4.90 Å². The van der Waals surface area contributed by atoms with Gasteiger partial charge < -0.3 is 20.6 Å². The molecule has 1 aromatic carbocycles. The van der Waals surface area contributed by atoms with Crippen LogP contribution in [0.4, 0.5) is 26.3 Å². The minimum atomic E-state index is -5.08. The van der Waals surface area contributed by atoms with E-state index >= 15 is 0 Å². The van der Waals surface area contributed by atoms with E-state index in [2.05, 4.69) is 58.5 Å². The standard InChI is InChI=1S/C24H29N3O2S.2C2HF3O2/c1-2-17(8-16-6-4-3-5-7-16)19-9-20(19)26-18-10-24(11-18)14-27(15-24)13-22-25-12-21(30-22)23(28)29;2*3-2(4,5)1(6)7/h3-8,12,18-20,26H,2,9-11,13-15H2,1H3,(H,28,29);2*(H,6,7)/b17-8+;;/t19-,20+;;/m0../s1. The van der Waals surface area contributed by atoms with E-state index in [1.807, 2.05) is 0 Å². The van der Waals surface area contributed by atoms with Crippen LogP contribution in [0.1, 0.15) is 52.8 Å². The third kappa shape index (κ3) is 10.0. The van der Waals surface area contributed by atoms with E-state index < -0.39 is 30.3 Å². The molecular formula is C28H31F6N3O6S. The summed E-state index contributed by atoms with van der Waals surface area (Å²) in [6.45, 7) is 5.30. The first-order valence-electron chi connectivity index (χ1n) is 13.4. The molecule has 0 unspecified atom stereocenters. The fourth-order valence-corrected chi connectivity index (χ4v) is 6.17. The van der Waals surface area contributed by atoms with Crippen molar-refractivity contribution < 1.29 is 56.0 Å². The number of rotatable bonds is 8. The number of nitrogens with zero attached hydrogens (tertiary/aromatic N) is 2. The maximum atomic E-state index is 11.0. The molecule has 3 fully saturated rings. The summed E-state index contributed by atoms with van der Waals surface area (Å²) in [4.78, 5) is 35.8. The first-order chi connectivity index (χ1) is 20.4. The van der Waals surface area contributed by atoms with Gasteiger partial charge in [-0.1, -0.05) is 48.9 Å². The van der Waals surface area contributed by atoms with Crippen molar-refractivity contribution in [2.24, 2.45) is 11.3 Å². The van der Waals surface area contributed by atoms with Crippen molar-refractivity contribution >= 4 is 35.3 Å². The molecule has 2 aliphatic carbocycles. The number of halogens is 6. The highest BCUT2D eigenvalue weighted by molar-refractivity contribution is 7.13. The molecule has 2 atom stereocenters. The van der Waals surface area contributed by atoms with Crippen molar-refractivity contribution in [1.29, 1.82) is 0 Å². The molecule has 1 spiro atoms. The van der Waals surface area contributed by atoms with Gasteiger partial charge in [0.1, 0.15) is 9.88 Å². The fourth-order valence-electron chi connectivity index (χ4n) is 5.38. The van der Waals surface area contributed by atoms with Crippen molar-refractivity contribution in [3.63, 3.8) is 0 Å². The Morgan fingerprint density at radius 1 is 1.02 bits per heavy atom. The number of thiazole rings is 1. The summed E-state index contributed by atoms with van der Waals surface area (Å²) in [6, 6.07) is 12.0. The van der Waals surface area contributed by atoms with Crippen LogP contribution in [-0.4, -0.2) is 80.6 Å². The highest BCUT2D eigenvalue weighted by Gasteiger charge is 2.54. The van der Waals surface area contributed by atoms with E-state index in [-0.39, 0.29) is 0 Å². The lowest BCUT2D eigenvalue weighted by Gasteiger charge is -2.59. The van der Waals surface area contributed by atoms with E-state index in [9.17, 15) is 31.1 Å². The number of carbonyl (C=O) groups is 3. The van der Waals surface area contributed by atoms with Gasteiger partial charge in [-0.05, 0) is 42.6 Å². The molecule has 9 nitrogen and oxygen atoms in total. The van der Waals surface area contributed by atoms with Gasteiger partial charge in [0.25, 0.3) is 0 Å². The van der Waals surface area contributed by atoms with Gasteiger partial charge in [-0.15, -0.1) is 11.3 Å². The zero-order chi connectivity index (χ0) is 32.9. The third-order valence-electron chi connectivity index (χ3n) is 7.36. The number of benzene rings is 1. The van der Waals surface area contributed by atoms with Gasteiger partial charge in [0.15, 0.2) is 0 Å². The van der Waals surface area contributed by atoms with Gasteiger partial charge in [-0.25, -0.2) is 19.4 Å². The van der Waals surface area contributed by atoms with Crippen LogP contribution in [0.25, 0.3) is 6.08 Å². The van der Waals surface area contributed by atoms with Crippen LogP contribution in [0.15, 0.2) is 42.1 Å². The molecule has 5 rings (SSSR count). The Kier molecular flexibility index (Phi) is 11.2. The first kappa shape index (κ1) is 35.0. The van der Waals surface area contributed by atoms with Crippen molar-refractivity contribution in [1.82, 2.24) is 15.2 Å². The average Bonchev–Trinajstić information content (AvgIpc) is 3.48. The number of carboxylic acid groups (broad SMARTS) is 3. The molecule has 242 valence electrons. The van der Waals surface area contributed by atoms with Crippen molar-refractivity contribution in [2.75, 3.05) is 13.1 Å². The monoisotopic (exact) mass is 651 g/mol. The highest BCUT2D eigenvalue weighted by atomic mass is 32.1. The maximum absolute atomic E-state index is 11.0. The second-order valence-corrected chi connectivity index (χ2v) is 12.0. The second-order valence-electron chi connectivity index (χ2n) is 10.9. The first-order valence-corrected chi connectivity index (χ1v) is 14.3. The van der Waals surface area contributed by atoms with Crippen LogP contribution >= 0.6 is 11.3 Å². The number of hydrogen-bond acceptors (Lipinski definition) is 7. The van der Waals surface area contributed by atoms with Gasteiger partial charge >= 0.3 is 30.3 Å². The molecule has 0 amide bonds. The van der Waals surface area contributed by atoms with Crippen molar-refractivity contribution in [3.8, 4) is 0 Å². The quantitative estimate of drug-likeness (QED) is 0.271. The minimum absolute atomic E-state index is 0.333. The Labute approximate surface area is 252 Å². The third-order valence-corrected chi connectivity index (χ3v) is 8.33. The Hall–Kier alpha value is -3.50. The summed E-state index contributed by atoms with van der Waals surface area (Å²) >= 11 is 1.30. The molecule has 0 bridgehead atoms. The van der Waals surface area contributed by atoms with Gasteiger partial charge in [0.05, 0.1) is 12.7 Å². The topological polar surface area (TPSA) is 140 Å². The Morgan fingerprint density at radius 3 is 2.02 bits per heavy atom. The minimum Gasteiger partial charge on any atom is -0.477 e. The highest BCUT2D eigenvalue weighted by Crippen LogP contribution is 2.50. The molecule has 1 saturated heterocycles. The number of alkyl halides is 6. The van der Waals surface area contributed by atoms with E-state index in [0.29, 0.717) is 28.3 Å². The molecule has 3 aliphatic rings. The second kappa shape index (κ2) is 14.1. The van der Waals surface area contributed by atoms with Gasteiger partial charge in [-0.2, -0.15) is 26.3 Å². The number of nitrogens with one attached hydrogen (secondary N) is 1. The molecular weight excluding hydrogens is 620 g/mol. The van der Waals surface area contributed by atoms with Crippen LogP contribution in [0.5, 0.6) is 0 Å². The summed E-state index contributed by atoms with van der Waals surface area (Å²) < 4.78 is 63.5. The van der Waals surface area contributed by atoms with E-state index in [4.69, 9.17) is 24.9 Å². The molecule has 1 aliphatic heterocycles. The van der Waals surface area contributed by atoms with E-state index in [1.54, 1.807) is 5.57 Å². The largest absolute Gasteiger partial charge is 0.490 e. The number of carboxylic acids is 3. The smallest absolute Gasteiger partial charge is 0.477 e. The van der Waals surface area contributed by atoms with Crippen LogP contribution in [0.2, 0.25) is 0 Å². The predicted octanol–water partition coefficient (Wildman–Crippen LogP) is 5.54. The molecule has 2 aromatic rings. The number of likely N-dealkylation sites (tertiary alicyclic amines) is 1. The number of hydrogen-bond donors (Lipinski definition) is 4. The number of aromatic nitrogens is 1. The van der Waals surface area contributed by atoms with Gasteiger partial charge in [0.2, 0.25) is 0 Å². The Morgan fingerprint density at radius 2 is 1.57 bits per heavy atom. The summed E-state index contributed by atoms with van der Waals surface area (Å²) in [5.41, 5.74) is 3.38. The molecule has 2 saturated carbocycles. The Bertz CT molecular complexity index is 1310. The molecule has 16 heteroatoms. The lowest BCUT2D eigenvalue weighted by atomic mass is 9.60. The lowest BCUT2D eigenvalue weighted by Crippen LogP contribution is -2.65. The molecule has 44 heavy (non-hydrogen) atoms. The predicted molar refractivity (Wildman–Crippen MR) is 147 cm³/mol. The number of aromatic carboxylic acids is 1. The zero-order valence-corrected chi connectivity index (χ0v) is 24.2. The van der Waals surface area contributed by atoms with Gasteiger partial charge in [0, 0.05) is 25.2 Å². The van der Waals surface area contributed by atoms with Crippen LogP contribution in [-0.2, 0) is 16.1 Å². The SMILES string of the molecule is CC/C(=C\c1ccccc1)[C@@H]1C[C@H]1NC1CC2(C1)CN(Cc1ncc(C(=O)O)s1)C2.O=C(O)C(F)(F)F.O=C(O)C(F)(F)F. The summed E-state index contributed by atoms with van der Waals surface area (Å²) in [7, 11) is 0. The van der Waals surface area contributed by atoms with E-state index in [1.165, 1.54) is 42.4 Å². The zero-order valence-electron chi connectivity index (χ0n) is 23.4. The maximum Gasteiger partial charge on any atom is 0.490 e.